The molecule has 1 aromatic heterocycles. The van der Waals surface area contributed by atoms with Crippen LogP contribution in [0.15, 0.2) is 0 Å². The van der Waals surface area contributed by atoms with Gasteiger partial charge in [-0.2, -0.15) is 5.10 Å². The van der Waals surface area contributed by atoms with Crippen molar-refractivity contribution in [2.75, 3.05) is 12.3 Å². The third kappa shape index (κ3) is 2.43. The molecule has 0 spiro atoms. The van der Waals surface area contributed by atoms with Crippen LogP contribution < -0.4 is 5.73 Å². The Labute approximate surface area is 101 Å². The molecule has 1 aliphatic carbocycles. The van der Waals surface area contributed by atoms with Crippen molar-refractivity contribution in [2.45, 2.75) is 32.6 Å². The average Bonchev–Trinajstić information content (AvgIpc) is 2.45. The lowest BCUT2D eigenvalue weighted by Crippen LogP contribution is -2.17. The number of aromatic nitrogens is 2. The molecule has 2 N–H and O–H groups in total. The quantitative estimate of drug-likeness (QED) is 0.808. The summed E-state index contributed by atoms with van der Waals surface area (Å²) in [7, 11) is 1.70. The van der Waals surface area contributed by atoms with E-state index in [0.717, 1.165) is 12.3 Å². The Hall–Kier alpha value is -1.52. The highest BCUT2D eigenvalue weighted by atomic mass is 16.5. The minimum absolute atomic E-state index is 0.358. The summed E-state index contributed by atoms with van der Waals surface area (Å²) < 4.78 is 6.71. The van der Waals surface area contributed by atoms with Crippen molar-refractivity contribution in [2.24, 2.45) is 13.0 Å². The van der Waals surface area contributed by atoms with Crippen LogP contribution in [0.2, 0.25) is 0 Å². The second kappa shape index (κ2) is 4.77. The molecule has 0 aliphatic heterocycles. The summed E-state index contributed by atoms with van der Waals surface area (Å²) in [6.07, 6.45) is 4.81. The van der Waals surface area contributed by atoms with Crippen LogP contribution >= 0.6 is 0 Å². The molecular formula is C12H19N3O2. The number of carbonyl (C=O) groups is 1. The third-order valence-corrected chi connectivity index (χ3v) is 3.45. The van der Waals surface area contributed by atoms with Crippen molar-refractivity contribution in [3.63, 3.8) is 0 Å². The summed E-state index contributed by atoms with van der Waals surface area (Å²) in [6, 6.07) is 0. The Kier molecular flexibility index (Phi) is 3.36. The SMILES string of the molecule is Cc1nn(C)c(C(=O)OCCC2CCC2)c1N. The second-order valence-electron chi connectivity index (χ2n) is 4.69. The van der Waals surface area contributed by atoms with E-state index >= 15 is 0 Å². The molecule has 5 heteroatoms. The normalized spacial score (nSPS) is 15.6. The van der Waals surface area contributed by atoms with Crippen LogP contribution in [-0.4, -0.2) is 22.4 Å². The van der Waals surface area contributed by atoms with Gasteiger partial charge in [0.15, 0.2) is 5.69 Å². The van der Waals surface area contributed by atoms with E-state index in [9.17, 15) is 4.79 Å². The third-order valence-electron chi connectivity index (χ3n) is 3.45. The Balaban J connectivity index is 1.89. The Morgan fingerprint density at radius 1 is 1.59 bits per heavy atom. The molecule has 0 saturated heterocycles. The van der Waals surface area contributed by atoms with Gasteiger partial charge in [0.2, 0.25) is 0 Å². The molecule has 1 aromatic rings. The first-order chi connectivity index (χ1) is 8.09. The van der Waals surface area contributed by atoms with Crippen molar-refractivity contribution in [1.29, 1.82) is 0 Å². The van der Waals surface area contributed by atoms with E-state index < -0.39 is 0 Å². The van der Waals surface area contributed by atoms with Gasteiger partial charge in [-0.1, -0.05) is 19.3 Å². The van der Waals surface area contributed by atoms with Crippen LogP contribution in [0.1, 0.15) is 41.9 Å². The highest BCUT2D eigenvalue weighted by Gasteiger charge is 2.21. The fourth-order valence-corrected chi connectivity index (χ4v) is 2.08. The highest BCUT2D eigenvalue weighted by molar-refractivity contribution is 5.93. The molecule has 0 unspecified atom stereocenters. The fraction of sp³-hybridized carbons (Fsp3) is 0.667. The molecule has 0 aromatic carbocycles. The van der Waals surface area contributed by atoms with Crippen molar-refractivity contribution in [3.05, 3.63) is 11.4 Å². The molecule has 0 atom stereocenters. The zero-order valence-corrected chi connectivity index (χ0v) is 10.4. The Morgan fingerprint density at radius 3 is 2.76 bits per heavy atom. The van der Waals surface area contributed by atoms with Gasteiger partial charge in [0.05, 0.1) is 18.0 Å². The van der Waals surface area contributed by atoms with E-state index in [1.807, 2.05) is 0 Å². The first kappa shape index (κ1) is 12.0. The van der Waals surface area contributed by atoms with Gasteiger partial charge in [-0.15, -0.1) is 0 Å². The van der Waals surface area contributed by atoms with Crippen molar-refractivity contribution in [3.8, 4) is 0 Å². The zero-order chi connectivity index (χ0) is 12.4. The number of nitrogen functional groups attached to an aromatic ring is 1. The van der Waals surface area contributed by atoms with Gasteiger partial charge >= 0.3 is 5.97 Å². The van der Waals surface area contributed by atoms with Gasteiger partial charge in [-0.25, -0.2) is 4.79 Å². The van der Waals surface area contributed by atoms with Gasteiger partial charge < -0.3 is 10.5 Å². The van der Waals surface area contributed by atoms with E-state index in [1.54, 1.807) is 14.0 Å². The molecule has 1 saturated carbocycles. The van der Waals surface area contributed by atoms with Crippen LogP contribution in [0.5, 0.6) is 0 Å². The maximum Gasteiger partial charge on any atom is 0.358 e. The maximum absolute atomic E-state index is 11.8. The first-order valence-corrected chi connectivity index (χ1v) is 6.05. The minimum Gasteiger partial charge on any atom is -0.461 e. The van der Waals surface area contributed by atoms with E-state index in [1.165, 1.54) is 23.9 Å². The largest absolute Gasteiger partial charge is 0.461 e. The fourth-order valence-electron chi connectivity index (χ4n) is 2.08. The number of ether oxygens (including phenoxy) is 1. The second-order valence-corrected chi connectivity index (χ2v) is 4.69. The molecule has 2 rings (SSSR count). The van der Waals surface area contributed by atoms with Gasteiger partial charge in [0, 0.05) is 7.05 Å². The topological polar surface area (TPSA) is 70.1 Å². The molecule has 5 nitrogen and oxygen atoms in total. The van der Waals surface area contributed by atoms with Crippen LogP contribution in [0.25, 0.3) is 0 Å². The number of nitrogens with zero attached hydrogens (tertiary/aromatic N) is 2. The monoisotopic (exact) mass is 237 g/mol. The molecule has 1 aliphatic rings. The number of carbonyl (C=O) groups excluding carboxylic acids is 1. The van der Waals surface area contributed by atoms with Gasteiger partial charge in [0.1, 0.15) is 0 Å². The summed E-state index contributed by atoms with van der Waals surface area (Å²) in [5, 5.41) is 4.09. The summed E-state index contributed by atoms with van der Waals surface area (Å²) >= 11 is 0. The number of hydrogen-bond acceptors (Lipinski definition) is 4. The van der Waals surface area contributed by atoms with Crippen LogP contribution in [0.4, 0.5) is 5.69 Å². The maximum atomic E-state index is 11.8. The zero-order valence-electron chi connectivity index (χ0n) is 10.4. The molecule has 1 heterocycles. The van der Waals surface area contributed by atoms with E-state index in [4.69, 9.17) is 10.5 Å². The van der Waals surface area contributed by atoms with Crippen LogP contribution in [0, 0.1) is 12.8 Å². The molecule has 0 amide bonds. The lowest BCUT2D eigenvalue weighted by molar-refractivity contribution is 0.0453. The predicted molar refractivity (Wildman–Crippen MR) is 64.6 cm³/mol. The lowest BCUT2D eigenvalue weighted by atomic mass is 9.83. The predicted octanol–water partition coefficient (Wildman–Crippen LogP) is 1.66. The van der Waals surface area contributed by atoms with E-state index in [2.05, 4.69) is 5.10 Å². The number of rotatable bonds is 4. The number of esters is 1. The van der Waals surface area contributed by atoms with Crippen LogP contribution in [0.3, 0.4) is 0 Å². The summed E-state index contributed by atoms with van der Waals surface area (Å²) in [5.41, 5.74) is 7.23. The summed E-state index contributed by atoms with van der Waals surface area (Å²) in [4.78, 5) is 11.8. The number of aryl methyl sites for hydroxylation is 2. The lowest BCUT2D eigenvalue weighted by Gasteiger charge is -2.24. The molecular weight excluding hydrogens is 218 g/mol. The van der Waals surface area contributed by atoms with Gasteiger partial charge in [-0.3, -0.25) is 4.68 Å². The molecule has 94 valence electrons. The highest BCUT2D eigenvalue weighted by Crippen LogP contribution is 2.29. The standard InChI is InChI=1S/C12H19N3O2/c1-8-10(13)11(15(2)14-8)12(16)17-7-6-9-4-3-5-9/h9H,3-7,13H2,1-2H3. The van der Waals surface area contributed by atoms with E-state index in [0.29, 0.717) is 23.7 Å². The van der Waals surface area contributed by atoms with E-state index in [-0.39, 0.29) is 5.97 Å². The number of nitrogens with two attached hydrogens (primary N) is 1. The van der Waals surface area contributed by atoms with Gasteiger partial charge in [-0.05, 0) is 19.3 Å². The Morgan fingerprint density at radius 2 is 2.29 bits per heavy atom. The Bertz CT molecular complexity index is 422. The molecule has 17 heavy (non-hydrogen) atoms. The molecule has 0 bridgehead atoms. The minimum atomic E-state index is -0.370. The van der Waals surface area contributed by atoms with Crippen molar-refractivity contribution >= 4 is 11.7 Å². The molecule has 1 fully saturated rings. The molecule has 0 radical (unpaired) electrons. The smallest absolute Gasteiger partial charge is 0.358 e. The first-order valence-electron chi connectivity index (χ1n) is 6.05. The average molecular weight is 237 g/mol. The van der Waals surface area contributed by atoms with Gasteiger partial charge in [0.25, 0.3) is 0 Å². The van der Waals surface area contributed by atoms with Crippen molar-refractivity contribution in [1.82, 2.24) is 9.78 Å². The van der Waals surface area contributed by atoms with Crippen molar-refractivity contribution < 1.29 is 9.53 Å². The summed E-state index contributed by atoms with van der Waals surface area (Å²) in [5.74, 6) is 0.373. The number of anilines is 1. The summed E-state index contributed by atoms with van der Waals surface area (Å²) in [6.45, 7) is 2.26. The van der Waals surface area contributed by atoms with Crippen LogP contribution in [-0.2, 0) is 11.8 Å². The number of hydrogen-bond donors (Lipinski definition) is 1.